The summed E-state index contributed by atoms with van der Waals surface area (Å²) in [5.41, 5.74) is 0. The first-order valence-corrected chi connectivity index (χ1v) is 37.8. The molecule has 0 bridgehead atoms. The lowest BCUT2D eigenvalue weighted by Crippen LogP contribution is -2.30. The smallest absolute Gasteiger partial charge is 0.306 e. The van der Waals surface area contributed by atoms with Crippen molar-refractivity contribution < 1.29 is 28.6 Å². The van der Waals surface area contributed by atoms with Crippen molar-refractivity contribution in [1.82, 2.24) is 0 Å². The Morgan fingerprint density at radius 1 is 0.241 bits per heavy atom. The van der Waals surface area contributed by atoms with Gasteiger partial charge >= 0.3 is 17.9 Å². The first-order chi connectivity index (χ1) is 41.0. The lowest BCUT2D eigenvalue weighted by molar-refractivity contribution is -0.167. The van der Waals surface area contributed by atoms with Crippen molar-refractivity contribution in [3.05, 3.63) is 24.3 Å². The number of rotatable bonds is 71. The summed E-state index contributed by atoms with van der Waals surface area (Å²) in [6, 6.07) is 0. The van der Waals surface area contributed by atoms with Crippen LogP contribution in [0.15, 0.2) is 24.3 Å². The van der Waals surface area contributed by atoms with Gasteiger partial charge in [0.25, 0.3) is 0 Å². The zero-order chi connectivity index (χ0) is 59.9. The Morgan fingerprint density at radius 3 is 0.663 bits per heavy atom. The monoisotopic (exact) mass is 1170 g/mol. The molecule has 0 N–H and O–H groups in total. The van der Waals surface area contributed by atoms with Gasteiger partial charge in [0.05, 0.1) is 0 Å². The number of carbonyl (C=O) groups excluding carboxylic acids is 3. The van der Waals surface area contributed by atoms with E-state index in [1.165, 1.54) is 327 Å². The highest BCUT2D eigenvalue weighted by Crippen LogP contribution is 2.19. The fraction of sp³-hybridized carbons (Fsp3) is 0.909. The first-order valence-electron chi connectivity index (χ1n) is 37.8. The molecule has 1 unspecified atom stereocenters. The van der Waals surface area contributed by atoms with E-state index in [9.17, 15) is 14.4 Å². The Morgan fingerprint density at radius 2 is 0.434 bits per heavy atom. The minimum absolute atomic E-state index is 0.0630. The summed E-state index contributed by atoms with van der Waals surface area (Å²) in [6.45, 7) is 6.69. The van der Waals surface area contributed by atoms with Crippen molar-refractivity contribution in [2.75, 3.05) is 13.2 Å². The van der Waals surface area contributed by atoms with E-state index in [2.05, 4.69) is 45.1 Å². The van der Waals surface area contributed by atoms with E-state index in [4.69, 9.17) is 14.2 Å². The van der Waals surface area contributed by atoms with E-state index in [0.29, 0.717) is 19.3 Å². The summed E-state index contributed by atoms with van der Waals surface area (Å²) in [6.07, 6.45) is 89.8. The number of ether oxygens (including phenoxy) is 3. The minimum Gasteiger partial charge on any atom is -0.462 e. The normalized spacial score (nSPS) is 12.1. The van der Waals surface area contributed by atoms with Crippen LogP contribution in [0.3, 0.4) is 0 Å². The SMILES string of the molecule is CCCCCCC/C=C\C/C=C\CCCCCCCCCCCCCCCCCCCCCCCCCC(=O)OCC(COC(=O)CCCCCCCCCC)OC(=O)CCCCCCCCCCCCCCCCCCCCCCCC. The van der Waals surface area contributed by atoms with Crippen LogP contribution in [0.5, 0.6) is 0 Å². The predicted octanol–water partition coefficient (Wildman–Crippen LogP) is 26.1. The van der Waals surface area contributed by atoms with Crippen molar-refractivity contribution in [2.45, 2.75) is 438 Å². The zero-order valence-corrected chi connectivity index (χ0v) is 56.5. The van der Waals surface area contributed by atoms with E-state index in [1.807, 2.05) is 0 Å². The molecule has 0 aliphatic rings. The molecular formula is C77H146O6. The van der Waals surface area contributed by atoms with E-state index >= 15 is 0 Å². The summed E-state index contributed by atoms with van der Waals surface area (Å²) in [5, 5.41) is 0. The Hall–Kier alpha value is -2.11. The second-order valence-corrected chi connectivity index (χ2v) is 25.9. The molecule has 490 valence electrons. The van der Waals surface area contributed by atoms with E-state index in [1.54, 1.807) is 0 Å². The van der Waals surface area contributed by atoms with Gasteiger partial charge in [-0.3, -0.25) is 14.4 Å². The topological polar surface area (TPSA) is 78.9 Å². The Labute approximate surface area is 519 Å². The average molecular weight is 1170 g/mol. The van der Waals surface area contributed by atoms with Crippen LogP contribution >= 0.6 is 0 Å². The molecule has 0 fully saturated rings. The molecule has 0 aromatic rings. The molecule has 0 rings (SSSR count). The van der Waals surface area contributed by atoms with Crippen LogP contribution in [0, 0.1) is 0 Å². The molecule has 0 aliphatic heterocycles. The van der Waals surface area contributed by atoms with Crippen LogP contribution < -0.4 is 0 Å². The first kappa shape index (κ1) is 80.9. The number of esters is 3. The number of carbonyl (C=O) groups is 3. The maximum atomic E-state index is 12.9. The molecular weight excluding hydrogens is 1020 g/mol. The lowest BCUT2D eigenvalue weighted by Gasteiger charge is -2.18. The predicted molar refractivity (Wildman–Crippen MR) is 363 cm³/mol. The van der Waals surface area contributed by atoms with Gasteiger partial charge < -0.3 is 14.2 Å². The molecule has 0 aromatic heterocycles. The highest BCUT2D eigenvalue weighted by atomic mass is 16.6. The Balaban J connectivity index is 3.96. The summed E-state index contributed by atoms with van der Waals surface area (Å²) >= 11 is 0. The van der Waals surface area contributed by atoms with Crippen LogP contribution in [-0.2, 0) is 28.6 Å². The molecule has 83 heavy (non-hydrogen) atoms. The summed E-state index contributed by atoms with van der Waals surface area (Å²) in [4.78, 5) is 38.3. The molecule has 1 atom stereocenters. The third-order valence-electron chi connectivity index (χ3n) is 17.5. The van der Waals surface area contributed by atoms with Crippen LogP contribution in [-0.4, -0.2) is 37.2 Å². The third-order valence-corrected chi connectivity index (χ3v) is 17.5. The van der Waals surface area contributed by atoms with Crippen LogP contribution in [0.1, 0.15) is 432 Å². The third kappa shape index (κ3) is 70.5. The number of allylic oxidation sites excluding steroid dienone is 4. The summed E-state index contributed by atoms with van der Waals surface area (Å²) < 4.78 is 16.9. The standard InChI is InChI=1S/C77H146O6/c1-4-7-10-13-16-19-21-23-25-27-29-31-33-34-35-36-37-38-39-40-41-42-43-44-45-47-48-50-52-54-56-58-61-64-67-70-76(79)82-73-74(72-81-75(78)69-66-63-60-18-15-12-9-6-3)83-77(80)71-68-65-62-59-57-55-53-51-49-46-32-30-28-26-24-22-20-17-14-11-8-5-2/h21,23,27,29,74H,4-20,22,24-26,28,30-73H2,1-3H3/b23-21-,29-27-. The van der Waals surface area contributed by atoms with Crippen LogP contribution in [0.2, 0.25) is 0 Å². The van der Waals surface area contributed by atoms with Crippen LogP contribution in [0.25, 0.3) is 0 Å². The van der Waals surface area contributed by atoms with E-state index in [0.717, 1.165) is 64.2 Å². The van der Waals surface area contributed by atoms with Crippen molar-refractivity contribution in [3.63, 3.8) is 0 Å². The highest BCUT2D eigenvalue weighted by molar-refractivity contribution is 5.71. The van der Waals surface area contributed by atoms with Gasteiger partial charge in [0.15, 0.2) is 6.10 Å². The van der Waals surface area contributed by atoms with Gasteiger partial charge in [0, 0.05) is 19.3 Å². The zero-order valence-electron chi connectivity index (χ0n) is 56.5. The maximum absolute atomic E-state index is 12.9. The minimum atomic E-state index is -0.764. The molecule has 0 radical (unpaired) electrons. The van der Waals surface area contributed by atoms with Gasteiger partial charge in [-0.15, -0.1) is 0 Å². The second kappa shape index (κ2) is 72.4. The molecule has 0 saturated heterocycles. The van der Waals surface area contributed by atoms with Gasteiger partial charge in [0.2, 0.25) is 0 Å². The molecule has 0 aliphatic carbocycles. The molecule has 0 spiro atoms. The molecule has 6 heteroatoms. The fourth-order valence-electron chi connectivity index (χ4n) is 11.8. The molecule has 0 aromatic carbocycles. The van der Waals surface area contributed by atoms with E-state index < -0.39 is 6.10 Å². The largest absolute Gasteiger partial charge is 0.462 e. The lowest BCUT2D eigenvalue weighted by atomic mass is 10.0. The Kier molecular flexibility index (Phi) is 70.5. The molecule has 0 saturated carbocycles. The molecule has 6 nitrogen and oxygen atoms in total. The number of hydrogen-bond acceptors (Lipinski definition) is 6. The quantitative estimate of drug-likeness (QED) is 0.0261. The number of hydrogen-bond donors (Lipinski definition) is 0. The fourth-order valence-corrected chi connectivity index (χ4v) is 11.8. The maximum Gasteiger partial charge on any atom is 0.306 e. The van der Waals surface area contributed by atoms with Gasteiger partial charge in [-0.2, -0.15) is 0 Å². The van der Waals surface area contributed by atoms with Gasteiger partial charge in [-0.25, -0.2) is 0 Å². The van der Waals surface area contributed by atoms with Crippen molar-refractivity contribution in [3.8, 4) is 0 Å². The van der Waals surface area contributed by atoms with Gasteiger partial charge in [-0.05, 0) is 51.4 Å². The van der Waals surface area contributed by atoms with Crippen molar-refractivity contribution >= 4 is 17.9 Å². The average Bonchev–Trinajstić information content (AvgIpc) is 3.49. The molecule has 0 heterocycles. The molecule has 0 amide bonds. The van der Waals surface area contributed by atoms with E-state index in [-0.39, 0.29) is 31.1 Å². The second-order valence-electron chi connectivity index (χ2n) is 25.9. The number of unbranched alkanes of at least 4 members (excludes halogenated alkanes) is 56. The Bertz CT molecular complexity index is 1340. The van der Waals surface area contributed by atoms with Crippen molar-refractivity contribution in [2.24, 2.45) is 0 Å². The van der Waals surface area contributed by atoms with Gasteiger partial charge in [-0.1, -0.05) is 385 Å². The summed E-state index contributed by atoms with van der Waals surface area (Å²) in [7, 11) is 0. The van der Waals surface area contributed by atoms with Gasteiger partial charge in [0.1, 0.15) is 13.2 Å². The summed E-state index contributed by atoms with van der Waals surface area (Å²) in [5.74, 6) is -0.833. The highest BCUT2D eigenvalue weighted by Gasteiger charge is 2.20. The van der Waals surface area contributed by atoms with Crippen LogP contribution in [0.4, 0.5) is 0 Å². The van der Waals surface area contributed by atoms with Crippen molar-refractivity contribution in [1.29, 1.82) is 0 Å².